The monoisotopic (exact) mass is 568 g/mol. The number of hydrogen-bond acceptors (Lipinski definition) is 4. The molecule has 224 valence electrons. The van der Waals surface area contributed by atoms with Crippen LogP contribution in [0.1, 0.15) is 103 Å². The molecule has 0 aliphatic rings. The Hall–Kier alpha value is -3.60. The van der Waals surface area contributed by atoms with Gasteiger partial charge in [-0.25, -0.2) is 4.79 Å². The molecule has 4 rings (SSSR count). The fourth-order valence-corrected chi connectivity index (χ4v) is 5.94. The Morgan fingerprint density at radius 1 is 0.881 bits per heavy atom. The van der Waals surface area contributed by atoms with Gasteiger partial charge in [0.15, 0.2) is 6.20 Å². The van der Waals surface area contributed by atoms with Gasteiger partial charge in [0.1, 0.15) is 12.1 Å². The summed E-state index contributed by atoms with van der Waals surface area (Å²) < 4.78 is 7.89. The molecule has 2 heterocycles. The molecule has 0 aliphatic carbocycles. The normalized spacial score (nSPS) is 12.0. The van der Waals surface area contributed by atoms with Crippen molar-refractivity contribution in [2.24, 2.45) is 0 Å². The Kier molecular flexibility index (Phi) is 11.6. The third kappa shape index (κ3) is 7.81. The van der Waals surface area contributed by atoms with Crippen LogP contribution in [0.25, 0.3) is 33.5 Å². The van der Waals surface area contributed by atoms with Gasteiger partial charge in [0.25, 0.3) is 0 Å². The zero-order valence-electron chi connectivity index (χ0n) is 26.1. The van der Waals surface area contributed by atoms with Crippen LogP contribution in [-0.2, 0) is 6.54 Å². The predicted octanol–water partition coefficient (Wildman–Crippen LogP) is 8.63. The van der Waals surface area contributed by atoms with Gasteiger partial charge >= 0.3 is 5.63 Å². The van der Waals surface area contributed by atoms with Gasteiger partial charge in [-0.15, -0.1) is 0 Å². The van der Waals surface area contributed by atoms with E-state index in [1.54, 1.807) is 6.07 Å². The Bertz CT molecular complexity index is 1550. The van der Waals surface area contributed by atoms with Crippen LogP contribution in [0.3, 0.4) is 0 Å². The van der Waals surface area contributed by atoms with Gasteiger partial charge in [-0.1, -0.05) is 76.5 Å². The van der Waals surface area contributed by atoms with E-state index in [0.717, 1.165) is 59.2 Å². The second-order valence-electron chi connectivity index (χ2n) is 11.5. The first-order chi connectivity index (χ1) is 20.5. The number of fused-ring (bicyclic) bond motifs is 2. The summed E-state index contributed by atoms with van der Waals surface area (Å²) in [6, 6.07) is 15.5. The number of pyridine rings is 1. The number of anilines is 1. The molecule has 0 unspecified atom stereocenters. The number of para-hydroxylation sites is 1. The van der Waals surface area contributed by atoms with Crippen molar-refractivity contribution in [3.05, 3.63) is 76.3 Å². The maximum atomic E-state index is 13.1. The predicted molar refractivity (Wildman–Crippen MR) is 175 cm³/mol. The number of nitrogens with zero attached hydrogens (tertiary/aromatic N) is 2. The maximum Gasteiger partial charge on any atom is 0.343 e. The highest BCUT2D eigenvalue weighted by atomic mass is 16.4. The second kappa shape index (κ2) is 15.6. The van der Waals surface area contributed by atoms with E-state index in [0.29, 0.717) is 11.1 Å². The number of aromatic nitrogens is 1. The minimum absolute atomic E-state index is 0.0294. The third-order valence-corrected chi connectivity index (χ3v) is 8.43. The van der Waals surface area contributed by atoms with Gasteiger partial charge < -0.3 is 14.4 Å². The second-order valence-corrected chi connectivity index (χ2v) is 11.5. The first-order valence-electron chi connectivity index (χ1n) is 16.1. The SMILES string of the molecule is CCCCCCCCCCCC[n+]1ccc(/C=C(\C)c2cc3ccc(N(CC)CC)cc3oc2=O)c2cccc([O-])c21. The van der Waals surface area contributed by atoms with Gasteiger partial charge in [-0.05, 0) is 68.3 Å². The van der Waals surface area contributed by atoms with Crippen molar-refractivity contribution in [1.82, 2.24) is 0 Å². The minimum Gasteiger partial charge on any atom is -0.868 e. The third-order valence-electron chi connectivity index (χ3n) is 8.43. The molecule has 0 bridgehead atoms. The van der Waals surface area contributed by atoms with Crippen LogP contribution in [0, 0.1) is 0 Å². The van der Waals surface area contributed by atoms with Crippen LogP contribution in [-0.4, -0.2) is 13.1 Å². The van der Waals surface area contributed by atoms with E-state index in [4.69, 9.17) is 4.42 Å². The molecule has 0 atom stereocenters. The van der Waals surface area contributed by atoms with Crippen LogP contribution >= 0.6 is 0 Å². The summed E-state index contributed by atoms with van der Waals surface area (Å²) in [5.74, 6) is 0.0294. The quantitative estimate of drug-likeness (QED) is 0.0771. The van der Waals surface area contributed by atoms with Gasteiger partial charge in [0.05, 0.1) is 10.9 Å². The number of rotatable bonds is 16. The zero-order chi connectivity index (χ0) is 29.9. The lowest BCUT2D eigenvalue weighted by molar-refractivity contribution is -0.673. The van der Waals surface area contributed by atoms with E-state index >= 15 is 0 Å². The topological polar surface area (TPSA) is 60.4 Å². The number of aryl methyl sites for hydroxylation is 1. The van der Waals surface area contributed by atoms with Crippen molar-refractivity contribution in [2.75, 3.05) is 18.0 Å². The molecule has 2 aromatic carbocycles. The molecule has 0 radical (unpaired) electrons. The van der Waals surface area contributed by atoms with E-state index in [1.807, 2.05) is 49.5 Å². The van der Waals surface area contributed by atoms with Crippen LogP contribution in [0.2, 0.25) is 0 Å². The molecular formula is C37H48N2O3. The summed E-state index contributed by atoms with van der Waals surface area (Å²) in [4.78, 5) is 15.3. The number of hydrogen-bond donors (Lipinski definition) is 0. The van der Waals surface area contributed by atoms with Crippen molar-refractivity contribution in [3.63, 3.8) is 0 Å². The highest BCUT2D eigenvalue weighted by Crippen LogP contribution is 2.27. The van der Waals surface area contributed by atoms with Gasteiger partial charge in [0.2, 0.25) is 5.52 Å². The first kappa shape index (κ1) is 31.3. The Labute approximate surface area is 251 Å². The number of benzene rings is 2. The van der Waals surface area contributed by atoms with Gasteiger partial charge in [-0.3, -0.25) is 0 Å². The lowest BCUT2D eigenvalue weighted by atomic mass is 10.0. The van der Waals surface area contributed by atoms with Crippen molar-refractivity contribution in [1.29, 1.82) is 0 Å². The van der Waals surface area contributed by atoms with Gasteiger partial charge in [-0.2, -0.15) is 4.57 Å². The van der Waals surface area contributed by atoms with Crippen molar-refractivity contribution in [2.45, 2.75) is 98.4 Å². The summed E-state index contributed by atoms with van der Waals surface area (Å²) in [5.41, 5.74) is 4.28. The zero-order valence-corrected chi connectivity index (χ0v) is 26.1. The van der Waals surface area contributed by atoms with E-state index < -0.39 is 0 Å². The Morgan fingerprint density at radius 3 is 2.26 bits per heavy atom. The summed E-state index contributed by atoms with van der Waals surface area (Å²) in [5, 5.41) is 14.8. The number of unbranched alkanes of at least 4 members (excludes halogenated alkanes) is 9. The average molecular weight is 569 g/mol. The standard InChI is InChI=1S/C37H48N2O3/c1-5-8-9-10-11-12-13-14-15-16-23-39-24-22-29(32-18-17-19-34(40)36(32)39)25-28(4)33-26-30-20-21-31(38(6-2)7-3)27-35(30)42-37(33)41/h17-22,24-27H,5-16,23H2,1-4H3. The molecular weight excluding hydrogens is 520 g/mol. The van der Waals surface area contributed by atoms with Crippen LogP contribution in [0.5, 0.6) is 5.75 Å². The van der Waals surface area contributed by atoms with Crippen molar-refractivity contribution >= 4 is 39.2 Å². The molecule has 0 fully saturated rings. The highest BCUT2D eigenvalue weighted by Gasteiger charge is 2.14. The van der Waals surface area contributed by atoms with E-state index in [1.165, 1.54) is 57.8 Å². The maximum absolute atomic E-state index is 13.1. The molecule has 0 spiro atoms. The lowest BCUT2D eigenvalue weighted by Gasteiger charge is -2.21. The Morgan fingerprint density at radius 2 is 1.57 bits per heavy atom. The van der Waals surface area contributed by atoms with E-state index in [2.05, 4.69) is 42.4 Å². The largest absolute Gasteiger partial charge is 0.868 e. The highest BCUT2D eigenvalue weighted by molar-refractivity contribution is 5.94. The molecule has 42 heavy (non-hydrogen) atoms. The van der Waals surface area contributed by atoms with Crippen LogP contribution in [0.15, 0.2) is 63.9 Å². The molecule has 4 aromatic rings. The fraction of sp³-hybridized carbons (Fsp3) is 0.459. The fourth-order valence-electron chi connectivity index (χ4n) is 5.94. The molecule has 0 amide bonds. The molecule has 0 saturated carbocycles. The van der Waals surface area contributed by atoms with Crippen LogP contribution < -0.4 is 20.2 Å². The van der Waals surface area contributed by atoms with E-state index in [9.17, 15) is 9.90 Å². The molecule has 5 nitrogen and oxygen atoms in total. The van der Waals surface area contributed by atoms with Gasteiger partial charge in [0, 0.05) is 42.7 Å². The summed E-state index contributed by atoms with van der Waals surface area (Å²) >= 11 is 0. The first-order valence-corrected chi connectivity index (χ1v) is 16.1. The summed E-state index contributed by atoms with van der Waals surface area (Å²) in [6.45, 7) is 11.0. The number of allylic oxidation sites excluding steroid dienone is 1. The summed E-state index contributed by atoms with van der Waals surface area (Å²) in [7, 11) is 0. The minimum atomic E-state index is -0.353. The molecule has 0 aliphatic heterocycles. The molecule has 5 heteroatoms. The van der Waals surface area contributed by atoms with Crippen molar-refractivity contribution < 1.29 is 14.1 Å². The average Bonchev–Trinajstić information content (AvgIpc) is 2.99. The molecule has 2 aromatic heterocycles. The lowest BCUT2D eigenvalue weighted by Crippen LogP contribution is -2.35. The Balaban J connectivity index is 1.49. The molecule has 0 saturated heterocycles. The van der Waals surface area contributed by atoms with E-state index in [-0.39, 0.29) is 11.4 Å². The molecule has 0 N–H and O–H groups in total. The van der Waals surface area contributed by atoms with Crippen molar-refractivity contribution in [3.8, 4) is 5.75 Å². The summed E-state index contributed by atoms with van der Waals surface area (Å²) in [6.07, 6.45) is 16.9. The smallest absolute Gasteiger partial charge is 0.343 e. The van der Waals surface area contributed by atoms with Crippen LogP contribution in [0.4, 0.5) is 5.69 Å².